The van der Waals surface area contributed by atoms with Crippen molar-refractivity contribution in [3.8, 4) is 22.8 Å². The Morgan fingerprint density at radius 2 is 1.76 bits per heavy atom. The van der Waals surface area contributed by atoms with E-state index in [2.05, 4.69) is 67.5 Å². The van der Waals surface area contributed by atoms with Gasteiger partial charge in [0.15, 0.2) is 11.5 Å². The van der Waals surface area contributed by atoms with Gasteiger partial charge >= 0.3 is 0 Å². The summed E-state index contributed by atoms with van der Waals surface area (Å²) in [7, 11) is 6.36. The van der Waals surface area contributed by atoms with Crippen LogP contribution >= 0.6 is 0 Å². The first kappa shape index (κ1) is 19.5. The lowest BCUT2D eigenvalue weighted by Gasteiger charge is -2.19. The van der Waals surface area contributed by atoms with E-state index in [4.69, 9.17) is 14.6 Å². The molecule has 1 aliphatic heterocycles. The molecule has 6 nitrogen and oxygen atoms in total. The average molecular weight is 393 g/mol. The van der Waals surface area contributed by atoms with E-state index in [0.29, 0.717) is 0 Å². The van der Waals surface area contributed by atoms with Crippen LogP contribution in [0.5, 0.6) is 11.5 Å². The predicted octanol–water partition coefficient (Wildman–Crippen LogP) is 3.32. The van der Waals surface area contributed by atoms with Crippen LogP contribution in [0, 0.1) is 0 Å². The van der Waals surface area contributed by atoms with Gasteiger partial charge in [-0.25, -0.2) is 0 Å². The highest BCUT2D eigenvalue weighted by atomic mass is 16.7. The minimum absolute atomic E-state index is 0.279. The van der Waals surface area contributed by atoms with Gasteiger partial charge in [-0.2, -0.15) is 5.10 Å². The van der Waals surface area contributed by atoms with Crippen molar-refractivity contribution >= 4 is 0 Å². The molecule has 0 aliphatic carbocycles. The molecule has 0 unspecified atom stereocenters. The molecule has 0 saturated heterocycles. The second-order valence-corrected chi connectivity index (χ2v) is 7.80. The molecule has 4 rings (SSSR count). The third-order valence-corrected chi connectivity index (χ3v) is 5.04. The fourth-order valence-electron chi connectivity index (χ4n) is 3.46. The van der Waals surface area contributed by atoms with E-state index in [1.54, 1.807) is 0 Å². The molecule has 2 aromatic carbocycles. The zero-order valence-corrected chi connectivity index (χ0v) is 17.3. The van der Waals surface area contributed by atoms with Crippen LogP contribution in [0.3, 0.4) is 0 Å². The van der Waals surface area contributed by atoms with Crippen molar-refractivity contribution in [2.75, 3.05) is 41.0 Å². The highest BCUT2D eigenvalue weighted by Crippen LogP contribution is 2.36. The number of benzene rings is 2. The fraction of sp³-hybridized carbons (Fsp3) is 0.348. The Labute approximate surface area is 172 Å². The summed E-state index contributed by atoms with van der Waals surface area (Å²) >= 11 is 0. The third-order valence-electron chi connectivity index (χ3n) is 5.04. The fourth-order valence-corrected chi connectivity index (χ4v) is 3.46. The number of aromatic nitrogens is 2. The first-order valence-corrected chi connectivity index (χ1v) is 9.92. The Morgan fingerprint density at radius 1 is 0.966 bits per heavy atom. The lowest BCUT2D eigenvalue weighted by Crippen LogP contribution is -2.28. The van der Waals surface area contributed by atoms with Gasteiger partial charge in [-0.3, -0.25) is 4.68 Å². The molecule has 0 atom stereocenters. The highest BCUT2D eigenvalue weighted by Gasteiger charge is 2.18. The molecule has 0 N–H and O–H groups in total. The summed E-state index contributed by atoms with van der Waals surface area (Å²) in [5.41, 5.74) is 4.49. The molecular weight excluding hydrogens is 364 g/mol. The largest absolute Gasteiger partial charge is 0.454 e. The number of hydrogen-bond acceptors (Lipinski definition) is 5. The molecule has 0 fully saturated rings. The van der Waals surface area contributed by atoms with Crippen molar-refractivity contribution in [2.24, 2.45) is 0 Å². The smallest absolute Gasteiger partial charge is 0.231 e. The number of nitrogens with zero attached hydrogens (tertiary/aromatic N) is 4. The van der Waals surface area contributed by atoms with Gasteiger partial charge in [-0.1, -0.05) is 30.3 Å². The van der Waals surface area contributed by atoms with E-state index < -0.39 is 0 Å². The molecule has 6 heteroatoms. The Bertz CT molecular complexity index is 953. The lowest BCUT2D eigenvalue weighted by molar-refractivity contribution is 0.174. The van der Waals surface area contributed by atoms with E-state index in [0.717, 1.165) is 48.9 Å². The maximum atomic E-state index is 5.58. The van der Waals surface area contributed by atoms with Crippen LogP contribution in [0.4, 0.5) is 0 Å². The van der Waals surface area contributed by atoms with Crippen molar-refractivity contribution in [3.05, 3.63) is 65.9 Å². The van der Waals surface area contributed by atoms with Gasteiger partial charge in [-0.15, -0.1) is 0 Å². The Hall–Kier alpha value is -2.83. The third kappa shape index (κ3) is 4.78. The van der Waals surface area contributed by atoms with Crippen LogP contribution in [0.25, 0.3) is 11.3 Å². The molecule has 29 heavy (non-hydrogen) atoms. The molecule has 2 heterocycles. The first-order chi connectivity index (χ1) is 14.1. The highest BCUT2D eigenvalue weighted by molar-refractivity contribution is 5.67. The number of rotatable bonds is 8. The zero-order chi connectivity index (χ0) is 20.2. The van der Waals surface area contributed by atoms with Crippen molar-refractivity contribution < 1.29 is 9.47 Å². The SMILES string of the molecule is CN(C)CCN(C)Cc1cn(Cc2ccccc2)nc1-c1ccc2c(c1)OCO2. The first-order valence-electron chi connectivity index (χ1n) is 9.92. The van der Waals surface area contributed by atoms with E-state index in [1.807, 2.05) is 22.9 Å². The lowest BCUT2D eigenvalue weighted by atomic mass is 10.1. The Kier molecular flexibility index (Phi) is 5.83. The molecule has 0 amide bonds. The summed E-state index contributed by atoms with van der Waals surface area (Å²) in [5.74, 6) is 1.58. The molecule has 0 saturated carbocycles. The average Bonchev–Trinajstić information content (AvgIpc) is 3.33. The van der Waals surface area contributed by atoms with Crippen molar-refractivity contribution in [2.45, 2.75) is 13.1 Å². The molecule has 152 valence electrons. The van der Waals surface area contributed by atoms with Gasteiger partial charge in [0, 0.05) is 37.0 Å². The summed E-state index contributed by atoms with van der Waals surface area (Å²) in [6.07, 6.45) is 2.17. The van der Waals surface area contributed by atoms with E-state index in [-0.39, 0.29) is 6.79 Å². The van der Waals surface area contributed by atoms with Gasteiger partial charge in [-0.05, 0) is 44.9 Å². The molecule has 0 bridgehead atoms. The maximum absolute atomic E-state index is 5.58. The molecule has 1 aliphatic rings. The van der Waals surface area contributed by atoms with Gasteiger partial charge in [0.25, 0.3) is 0 Å². The number of likely N-dealkylation sites (N-methyl/N-ethyl adjacent to an activating group) is 2. The summed E-state index contributed by atoms with van der Waals surface area (Å²) in [6, 6.07) is 16.5. The van der Waals surface area contributed by atoms with Crippen molar-refractivity contribution in [3.63, 3.8) is 0 Å². The Balaban J connectivity index is 1.62. The van der Waals surface area contributed by atoms with Crippen LogP contribution in [-0.4, -0.2) is 60.6 Å². The van der Waals surface area contributed by atoms with Gasteiger partial charge in [0.2, 0.25) is 6.79 Å². The second-order valence-electron chi connectivity index (χ2n) is 7.80. The Morgan fingerprint density at radius 3 is 2.55 bits per heavy atom. The maximum Gasteiger partial charge on any atom is 0.231 e. The molecule has 0 spiro atoms. The monoisotopic (exact) mass is 392 g/mol. The van der Waals surface area contributed by atoms with E-state index in [9.17, 15) is 0 Å². The van der Waals surface area contributed by atoms with Crippen molar-refractivity contribution in [1.82, 2.24) is 19.6 Å². The van der Waals surface area contributed by atoms with Crippen LogP contribution in [-0.2, 0) is 13.1 Å². The van der Waals surface area contributed by atoms with Crippen LogP contribution in [0.1, 0.15) is 11.1 Å². The van der Waals surface area contributed by atoms with Gasteiger partial charge in [0.05, 0.1) is 12.2 Å². The van der Waals surface area contributed by atoms with Gasteiger partial charge < -0.3 is 19.3 Å². The minimum Gasteiger partial charge on any atom is -0.454 e. The quantitative estimate of drug-likeness (QED) is 0.588. The van der Waals surface area contributed by atoms with Crippen LogP contribution < -0.4 is 9.47 Å². The molecule has 0 radical (unpaired) electrons. The standard InChI is InChI=1S/C23H28N4O2/c1-25(2)11-12-26(3)15-20-16-27(14-18-7-5-4-6-8-18)24-23(20)19-9-10-21-22(13-19)29-17-28-21/h4-10,13,16H,11-12,14-15,17H2,1-3H3. The van der Waals surface area contributed by atoms with Crippen molar-refractivity contribution in [1.29, 1.82) is 0 Å². The summed E-state index contributed by atoms with van der Waals surface area (Å²) in [6.45, 7) is 3.89. The van der Waals surface area contributed by atoms with Crippen LogP contribution in [0.2, 0.25) is 0 Å². The van der Waals surface area contributed by atoms with E-state index in [1.165, 1.54) is 11.1 Å². The van der Waals surface area contributed by atoms with E-state index >= 15 is 0 Å². The number of fused-ring (bicyclic) bond motifs is 1. The normalized spacial score (nSPS) is 12.9. The number of hydrogen-bond donors (Lipinski definition) is 0. The minimum atomic E-state index is 0.279. The zero-order valence-electron chi connectivity index (χ0n) is 17.3. The molecule has 1 aromatic heterocycles. The second kappa shape index (κ2) is 8.68. The van der Waals surface area contributed by atoms with Crippen LogP contribution in [0.15, 0.2) is 54.7 Å². The number of ether oxygens (including phenoxy) is 2. The predicted molar refractivity (Wildman–Crippen MR) is 114 cm³/mol. The molecule has 3 aromatic rings. The summed E-state index contributed by atoms with van der Waals surface area (Å²) in [5, 5.41) is 4.93. The summed E-state index contributed by atoms with van der Waals surface area (Å²) < 4.78 is 13.1. The van der Waals surface area contributed by atoms with Gasteiger partial charge in [0.1, 0.15) is 0 Å². The summed E-state index contributed by atoms with van der Waals surface area (Å²) in [4.78, 5) is 4.54. The molecular formula is C23H28N4O2. The topological polar surface area (TPSA) is 42.8 Å².